The van der Waals surface area contributed by atoms with Crippen LogP contribution in [0.2, 0.25) is 0 Å². The minimum Gasteiger partial charge on any atom is -0.507 e. The summed E-state index contributed by atoms with van der Waals surface area (Å²) in [5, 5.41) is 24.8. The number of phenolic OH excluding ortho intramolecular Hbond substituents is 1. The van der Waals surface area contributed by atoms with E-state index in [0.29, 0.717) is 22.1 Å². The number of rotatable bonds is 10. The molecule has 9 heteroatoms. The van der Waals surface area contributed by atoms with Gasteiger partial charge < -0.3 is 10.4 Å². The number of aromatic hydroxyl groups is 1. The number of unbranched alkanes of at least 4 members (excludes halogenated alkanes) is 3. The number of hydrogen-bond donors (Lipinski definition) is 3. The summed E-state index contributed by atoms with van der Waals surface area (Å²) in [5.41, 5.74) is 2.87. The molecule has 0 spiro atoms. The summed E-state index contributed by atoms with van der Waals surface area (Å²) in [6.07, 6.45) is 5.95. The van der Waals surface area contributed by atoms with Crippen LogP contribution in [-0.2, 0) is 16.0 Å². The van der Waals surface area contributed by atoms with Gasteiger partial charge in [0.05, 0.1) is 12.6 Å². The monoisotopic (exact) mass is 389 g/mol. The molecular weight excluding hydrogens is 366 g/mol. The molecule has 0 saturated carbocycles. The zero-order valence-electron chi connectivity index (χ0n) is 15.1. The Balaban J connectivity index is 1.75. The maximum Gasteiger partial charge on any atom is 0.247 e. The molecule has 0 fully saturated rings. The molecule has 3 N–H and O–H groups in total. The second kappa shape index (κ2) is 11.0. The summed E-state index contributed by atoms with van der Waals surface area (Å²) >= 11 is 1.16. The topological polar surface area (TPSA) is 117 Å². The fourth-order valence-electron chi connectivity index (χ4n) is 2.22. The summed E-state index contributed by atoms with van der Waals surface area (Å²) < 4.78 is 0. The number of carbonyl (C=O) groups excluding carboxylic acids is 2. The van der Waals surface area contributed by atoms with E-state index in [0.717, 1.165) is 37.0 Å². The maximum absolute atomic E-state index is 11.9. The number of nitrogens with zero attached hydrogens (tertiary/aromatic N) is 3. The molecule has 0 bridgehead atoms. The van der Waals surface area contributed by atoms with Crippen LogP contribution < -0.4 is 10.7 Å². The minimum absolute atomic E-state index is 0.00213. The number of phenols is 1. The molecule has 144 valence electrons. The van der Waals surface area contributed by atoms with Crippen molar-refractivity contribution in [3.63, 3.8) is 0 Å². The standard InChI is InChI=1S/C18H23N5O3S/c1-2-3-4-5-10-15(25)20-18-23-22-17(27-18)11-16(26)21-19-12-13-8-6-7-9-14(13)24/h6-9,12,24H,2-5,10-11H2,1H3,(H,21,26)(H,20,23,25)/b19-12-. The van der Waals surface area contributed by atoms with E-state index in [4.69, 9.17) is 0 Å². The van der Waals surface area contributed by atoms with Gasteiger partial charge in [0, 0.05) is 12.0 Å². The zero-order valence-corrected chi connectivity index (χ0v) is 16.0. The normalized spacial score (nSPS) is 10.9. The van der Waals surface area contributed by atoms with Crippen LogP contribution in [0.3, 0.4) is 0 Å². The molecule has 8 nitrogen and oxygen atoms in total. The second-order valence-corrected chi connectivity index (χ2v) is 6.95. The second-order valence-electron chi connectivity index (χ2n) is 5.89. The number of anilines is 1. The first kappa shape index (κ1) is 20.5. The minimum atomic E-state index is -0.365. The SMILES string of the molecule is CCCCCCC(=O)Nc1nnc(CC(=O)N/N=C\c2ccccc2O)s1. The Labute approximate surface area is 161 Å². The Morgan fingerprint density at radius 2 is 2.00 bits per heavy atom. The average Bonchev–Trinajstić information content (AvgIpc) is 3.07. The number of hydrogen-bond acceptors (Lipinski definition) is 7. The third-order valence-electron chi connectivity index (χ3n) is 3.61. The van der Waals surface area contributed by atoms with Crippen molar-refractivity contribution in [2.24, 2.45) is 5.10 Å². The van der Waals surface area contributed by atoms with E-state index in [1.807, 2.05) is 0 Å². The highest BCUT2D eigenvalue weighted by atomic mass is 32.1. The molecule has 1 aromatic carbocycles. The maximum atomic E-state index is 11.9. The van der Waals surface area contributed by atoms with Crippen molar-refractivity contribution in [1.82, 2.24) is 15.6 Å². The first-order valence-electron chi connectivity index (χ1n) is 8.80. The number of amides is 2. The van der Waals surface area contributed by atoms with Gasteiger partial charge in [0.25, 0.3) is 0 Å². The van der Waals surface area contributed by atoms with Crippen molar-refractivity contribution in [2.45, 2.75) is 45.4 Å². The Hall–Kier alpha value is -2.81. The Kier molecular flexibility index (Phi) is 8.37. The first-order chi connectivity index (χ1) is 13.1. The number of carbonyl (C=O) groups is 2. The number of aromatic nitrogens is 2. The molecule has 1 aromatic heterocycles. The van der Waals surface area contributed by atoms with Crippen molar-refractivity contribution in [2.75, 3.05) is 5.32 Å². The molecule has 2 amide bonds. The lowest BCUT2D eigenvalue weighted by atomic mass is 10.1. The Morgan fingerprint density at radius 3 is 2.78 bits per heavy atom. The van der Waals surface area contributed by atoms with Gasteiger partial charge in [-0.1, -0.05) is 49.7 Å². The molecule has 27 heavy (non-hydrogen) atoms. The highest BCUT2D eigenvalue weighted by Crippen LogP contribution is 2.16. The number of hydrazone groups is 1. The van der Waals surface area contributed by atoms with Crippen molar-refractivity contribution in [3.05, 3.63) is 34.8 Å². The molecule has 1 heterocycles. The fourth-order valence-corrected chi connectivity index (χ4v) is 2.97. The molecule has 0 radical (unpaired) electrons. The molecule has 2 aromatic rings. The quantitative estimate of drug-likeness (QED) is 0.328. The lowest BCUT2D eigenvalue weighted by molar-refractivity contribution is -0.120. The van der Waals surface area contributed by atoms with Gasteiger partial charge in [-0.05, 0) is 18.6 Å². The van der Waals surface area contributed by atoms with Crippen molar-refractivity contribution in [1.29, 1.82) is 0 Å². The van der Waals surface area contributed by atoms with Crippen molar-refractivity contribution < 1.29 is 14.7 Å². The summed E-state index contributed by atoms with van der Waals surface area (Å²) in [5.74, 6) is -0.379. The molecule has 0 aliphatic carbocycles. The number of benzene rings is 1. The Morgan fingerprint density at radius 1 is 1.19 bits per heavy atom. The van der Waals surface area contributed by atoms with Crippen LogP contribution in [0.5, 0.6) is 5.75 Å². The number of nitrogens with one attached hydrogen (secondary N) is 2. The van der Waals surface area contributed by atoms with E-state index in [1.165, 1.54) is 12.3 Å². The largest absolute Gasteiger partial charge is 0.507 e. The lowest BCUT2D eigenvalue weighted by Gasteiger charge is -2.00. The predicted octanol–water partition coefficient (Wildman–Crippen LogP) is 2.85. The molecule has 0 aliphatic rings. The van der Waals surface area contributed by atoms with Crippen LogP contribution >= 0.6 is 11.3 Å². The zero-order chi connectivity index (χ0) is 19.5. The Bertz CT molecular complexity index is 791. The fraction of sp³-hybridized carbons (Fsp3) is 0.389. The van der Waals surface area contributed by atoms with Gasteiger partial charge in [0.1, 0.15) is 10.8 Å². The molecule has 0 saturated heterocycles. The third kappa shape index (κ3) is 7.53. The van der Waals surface area contributed by atoms with Gasteiger partial charge in [-0.2, -0.15) is 5.10 Å². The van der Waals surface area contributed by atoms with Crippen LogP contribution in [0.25, 0.3) is 0 Å². The van der Waals surface area contributed by atoms with Gasteiger partial charge in [-0.3, -0.25) is 9.59 Å². The molecule has 0 aliphatic heterocycles. The molecule has 2 rings (SSSR count). The van der Waals surface area contributed by atoms with Crippen LogP contribution in [0.1, 0.15) is 49.6 Å². The molecule has 0 unspecified atom stereocenters. The van der Waals surface area contributed by atoms with Crippen LogP contribution in [0, 0.1) is 0 Å². The predicted molar refractivity (Wildman–Crippen MR) is 105 cm³/mol. The highest BCUT2D eigenvalue weighted by molar-refractivity contribution is 7.15. The summed E-state index contributed by atoms with van der Waals surface area (Å²) in [6, 6.07) is 6.66. The van der Waals surface area contributed by atoms with Gasteiger partial charge in [-0.15, -0.1) is 10.2 Å². The van der Waals surface area contributed by atoms with E-state index >= 15 is 0 Å². The number of para-hydroxylation sites is 1. The summed E-state index contributed by atoms with van der Waals surface area (Å²) in [6.45, 7) is 2.12. The van der Waals surface area contributed by atoms with E-state index in [9.17, 15) is 14.7 Å². The highest BCUT2D eigenvalue weighted by Gasteiger charge is 2.11. The van der Waals surface area contributed by atoms with Crippen molar-refractivity contribution in [3.8, 4) is 5.75 Å². The van der Waals surface area contributed by atoms with Gasteiger partial charge in [-0.25, -0.2) is 5.43 Å². The van der Waals surface area contributed by atoms with E-state index in [1.54, 1.807) is 18.2 Å². The van der Waals surface area contributed by atoms with Crippen LogP contribution in [-0.4, -0.2) is 33.3 Å². The third-order valence-corrected chi connectivity index (χ3v) is 4.45. The molecular formula is C18H23N5O3S. The van der Waals surface area contributed by atoms with Gasteiger partial charge >= 0.3 is 0 Å². The molecule has 0 atom stereocenters. The smallest absolute Gasteiger partial charge is 0.247 e. The van der Waals surface area contributed by atoms with E-state index in [2.05, 4.69) is 33.0 Å². The van der Waals surface area contributed by atoms with E-state index < -0.39 is 0 Å². The summed E-state index contributed by atoms with van der Waals surface area (Å²) in [7, 11) is 0. The van der Waals surface area contributed by atoms with Crippen LogP contribution in [0.4, 0.5) is 5.13 Å². The lowest BCUT2D eigenvalue weighted by Crippen LogP contribution is -2.19. The average molecular weight is 389 g/mol. The van der Waals surface area contributed by atoms with Crippen LogP contribution in [0.15, 0.2) is 29.4 Å². The summed E-state index contributed by atoms with van der Waals surface area (Å²) in [4.78, 5) is 23.7. The van der Waals surface area contributed by atoms with Crippen molar-refractivity contribution >= 4 is 34.5 Å². The first-order valence-corrected chi connectivity index (χ1v) is 9.62. The van der Waals surface area contributed by atoms with Gasteiger partial charge in [0.15, 0.2) is 0 Å². The van der Waals surface area contributed by atoms with Gasteiger partial charge in [0.2, 0.25) is 16.9 Å². The van der Waals surface area contributed by atoms with E-state index in [-0.39, 0.29) is 24.0 Å².